The number of primary amides is 1. The van der Waals surface area contributed by atoms with Crippen LogP contribution in [-0.2, 0) is 30.4 Å². The van der Waals surface area contributed by atoms with Gasteiger partial charge in [-0.2, -0.15) is 0 Å². The number of nitrogens with one attached hydrogen (secondary N) is 3. The van der Waals surface area contributed by atoms with Gasteiger partial charge < -0.3 is 38.3 Å². The van der Waals surface area contributed by atoms with Crippen molar-refractivity contribution in [1.29, 1.82) is 0 Å². The monoisotopic (exact) mass is 520 g/mol. The predicted octanol–water partition coefficient (Wildman–Crippen LogP) is -0.854. The van der Waals surface area contributed by atoms with Crippen LogP contribution >= 0.6 is 0 Å². The Kier molecular flexibility index (Phi) is 13.9. The third kappa shape index (κ3) is 11.4. The minimum atomic E-state index is -1.24. The van der Waals surface area contributed by atoms with E-state index in [9.17, 15) is 29.1 Å². The van der Waals surface area contributed by atoms with Crippen LogP contribution in [-0.4, -0.2) is 65.4 Å². The normalized spacial score (nSPS) is 14.9. The smallest absolute Gasteiger partial charge is 0.326 e. The molecule has 206 valence electrons. The Morgan fingerprint density at radius 2 is 1.51 bits per heavy atom. The fourth-order valence-corrected chi connectivity index (χ4v) is 3.62. The van der Waals surface area contributed by atoms with E-state index in [1.54, 1.807) is 37.3 Å². The second-order valence-corrected chi connectivity index (χ2v) is 9.08. The number of hydrogen-bond donors (Lipinski definition) is 7. The van der Waals surface area contributed by atoms with E-state index in [2.05, 4.69) is 16.0 Å². The molecule has 5 atom stereocenters. The van der Waals surface area contributed by atoms with E-state index in [1.165, 1.54) is 0 Å². The van der Waals surface area contributed by atoms with Gasteiger partial charge >= 0.3 is 5.97 Å². The van der Waals surface area contributed by atoms with E-state index < -0.39 is 60.2 Å². The van der Waals surface area contributed by atoms with Gasteiger partial charge in [0.2, 0.25) is 23.6 Å². The number of carbonyl (C=O) groups is 5. The highest BCUT2D eigenvalue weighted by Crippen LogP contribution is 2.11. The first kappa shape index (κ1) is 31.5. The molecule has 1 aromatic rings. The largest absolute Gasteiger partial charge is 0.480 e. The molecule has 0 aromatic heterocycles. The molecule has 12 nitrogen and oxygen atoms in total. The predicted molar refractivity (Wildman–Crippen MR) is 138 cm³/mol. The molecular formula is C25H40N6O6. The molecule has 1 rings (SSSR count). The molecular weight excluding hydrogens is 480 g/mol. The summed E-state index contributed by atoms with van der Waals surface area (Å²) in [5.41, 5.74) is 17.1. The molecule has 1 aromatic carbocycles. The number of carboxylic acid groups (broad SMARTS) is 1. The second-order valence-electron chi connectivity index (χ2n) is 9.08. The van der Waals surface area contributed by atoms with Crippen molar-refractivity contribution in [2.75, 3.05) is 6.54 Å². The summed E-state index contributed by atoms with van der Waals surface area (Å²) in [6.07, 6.45) is 1.53. The summed E-state index contributed by atoms with van der Waals surface area (Å²) >= 11 is 0. The van der Waals surface area contributed by atoms with Crippen LogP contribution in [0.25, 0.3) is 0 Å². The van der Waals surface area contributed by atoms with E-state index in [1.807, 2.05) is 6.92 Å². The maximum absolute atomic E-state index is 13.2. The molecule has 0 heterocycles. The Balaban J connectivity index is 3.14. The summed E-state index contributed by atoms with van der Waals surface area (Å²) in [7, 11) is 0. The lowest BCUT2D eigenvalue weighted by Gasteiger charge is -2.26. The number of hydrogen-bond acceptors (Lipinski definition) is 7. The Bertz CT molecular complexity index is 912. The lowest BCUT2D eigenvalue weighted by Crippen LogP contribution is -2.58. The molecule has 0 fully saturated rings. The van der Waals surface area contributed by atoms with Crippen molar-refractivity contribution in [3.63, 3.8) is 0 Å². The van der Waals surface area contributed by atoms with Crippen molar-refractivity contribution in [1.82, 2.24) is 16.0 Å². The number of rotatable bonds is 17. The fraction of sp³-hybridized carbons (Fsp3) is 0.560. The van der Waals surface area contributed by atoms with Gasteiger partial charge in [-0.25, -0.2) is 4.79 Å². The first-order valence-corrected chi connectivity index (χ1v) is 12.4. The van der Waals surface area contributed by atoms with E-state index in [-0.39, 0.29) is 18.8 Å². The van der Waals surface area contributed by atoms with Crippen molar-refractivity contribution in [3.8, 4) is 0 Å². The standard InChI is InChI=1S/C25H40N6O6/c1-3-15(2)21(25(36)37)31-24(35)19(13-16-9-5-4-6-10-16)30-23(34)18(11-7-8-12-26)29-22(33)17(27)14-20(28)32/h4-6,9-10,15,17-19,21H,3,7-8,11-14,26-27H2,1-2H3,(H2,28,32)(H,29,33)(H,30,34)(H,31,35)(H,36,37). The Morgan fingerprint density at radius 3 is 2.05 bits per heavy atom. The average molecular weight is 521 g/mol. The molecule has 12 heteroatoms. The molecule has 4 amide bonds. The van der Waals surface area contributed by atoms with Crippen LogP contribution in [0.15, 0.2) is 30.3 Å². The van der Waals surface area contributed by atoms with E-state index in [0.29, 0.717) is 25.8 Å². The number of amides is 4. The lowest BCUT2D eigenvalue weighted by molar-refractivity contribution is -0.143. The quantitative estimate of drug-likeness (QED) is 0.128. The molecule has 0 bridgehead atoms. The maximum atomic E-state index is 13.2. The summed E-state index contributed by atoms with van der Waals surface area (Å²) in [5.74, 6) is -4.34. The van der Waals surface area contributed by atoms with Crippen LogP contribution in [0.3, 0.4) is 0 Å². The van der Waals surface area contributed by atoms with Crippen molar-refractivity contribution in [2.45, 2.75) is 76.5 Å². The molecule has 0 saturated heterocycles. The van der Waals surface area contributed by atoms with Crippen LogP contribution in [0.4, 0.5) is 0 Å². The Labute approximate surface area is 217 Å². The van der Waals surface area contributed by atoms with Gasteiger partial charge in [0.1, 0.15) is 18.1 Å². The molecule has 0 spiro atoms. The SMILES string of the molecule is CCC(C)C(NC(=O)C(Cc1ccccc1)NC(=O)C(CCCCN)NC(=O)C(N)CC(N)=O)C(=O)O. The summed E-state index contributed by atoms with van der Waals surface area (Å²) in [5, 5.41) is 17.3. The van der Waals surface area contributed by atoms with Crippen LogP contribution < -0.4 is 33.2 Å². The average Bonchev–Trinajstić information content (AvgIpc) is 2.85. The van der Waals surface area contributed by atoms with Crippen molar-refractivity contribution in [3.05, 3.63) is 35.9 Å². The molecule has 5 unspecified atom stereocenters. The molecule has 0 aliphatic carbocycles. The molecule has 0 aliphatic heterocycles. The number of carboxylic acids is 1. The molecule has 0 radical (unpaired) electrons. The molecule has 0 aliphatic rings. The van der Waals surface area contributed by atoms with E-state index in [4.69, 9.17) is 17.2 Å². The number of unbranched alkanes of at least 4 members (excludes halogenated alkanes) is 1. The van der Waals surface area contributed by atoms with Gasteiger partial charge in [-0.05, 0) is 37.3 Å². The summed E-state index contributed by atoms with van der Waals surface area (Å²) in [6.45, 7) is 3.91. The first-order valence-electron chi connectivity index (χ1n) is 12.4. The topological polar surface area (TPSA) is 220 Å². The van der Waals surface area contributed by atoms with Crippen LogP contribution in [0, 0.1) is 5.92 Å². The van der Waals surface area contributed by atoms with Gasteiger partial charge in [0.15, 0.2) is 0 Å². The Morgan fingerprint density at radius 1 is 0.919 bits per heavy atom. The third-order valence-corrected chi connectivity index (χ3v) is 6.03. The van der Waals surface area contributed by atoms with Gasteiger partial charge in [-0.1, -0.05) is 50.6 Å². The maximum Gasteiger partial charge on any atom is 0.326 e. The van der Waals surface area contributed by atoms with Crippen LogP contribution in [0.1, 0.15) is 51.5 Å². The minimum absolute atomic E-state index is 0.0932. The highest BCUT2D eigenvalue weighted by molar-refractivity contribution is 5.95. The molecule has 37 heavy (non-hydrogen) atoms. The highest BCUT2D eigenvalue weighted by Gasteiger charge is 2.32. The van der Waals surface area contributed by atoms with Crippen molar-refractivity contribution in [2.24, 2.45) is 23.1 Å². The highest BCUT2D eigenvalue weighted by atomic mass is 16.4. The molecule has 0 saturated carbocycles. The second kappa shape index (κ2) is 16.3. The summed E-state index contributed by atoms with van der Waals surface area (Å²) < 4.78 is 0. The van der Waals surface area contributed by atoms with E-state index in [0.717, 1.165) is 5.56 Å². The van der Waals surface area contributed by atoms with Gasteiger partial charge in [0.25, 0.3) is 0 Å². The number of aliphatic carboxylic acids is 1. The number of carbonyl (C=O) groups excluding carboxylic acids is 4. The van der Waals surface area contributed by atoms with Gasteiger partial charge in [0, 0.05) is 6.42 Å². The summed E-state index contributed by atoms with van der Waals surface area (Å²) in [4.78, 5) is 61.8. The van der Waals surface area contributed by atoms with Gasteiger partial charge in [-0.15, -0.1) is 0 Å². The Hall–Kier alpha value is -3.51. The van der Waals surface area contributed by atoms with Crippen LogP contribution in [0.5, 0.6) is 0 Å². The van der Waals surface area contributed by atoms with Crippen molar-refractivity contribution < 1.29 is 29.1 Å². The molecule has 10 N–H and O–H groups in total. The minimum Gasteiger partial charge on any atom is -0.480 e. The zero-order valence-electron chi connectivity index (χ0n) is 21.4. The summed E-state index contributed by atoms with van der Waals surface area (Å²) in [6, 6.07) is 4.36. The van der Waals surface area contributed by atoms with Crippen LogP contribution in [0.2, 0.25) is 0 Å². The first-order chi connectivity index (χ1) is 17.5. The number of benzene rings is 1. The third-order valence-electron chi connectivity index (χ3n) is 6.03. The number of nitrogens with two attached hydrogens (primary N) is 3. The zero-order chi connectivity index (χ0) is 28.0. The fourth-order valence-electron chi connectivity index (χ4n) is 3.62. The van der Waals surface area contributed by atoms with Gasteiger partial charge in [0.05, 0.1) is 12.5 Å². The van der Waals surface area contributed by atoms with Gasteiger partial charge in [-0.3, -0.25) is 19.2 Å². The zero-order valence-corrected chi connectivity index (χ0v) is 21.4. The van der Waals surface area contributed by atoms with Crippen molar-refractivity contribution >= 4 is 29.6 Å². The van der Waals surface area contributed by atoms with E-state index >= 15 is 0 Å². The lowest BCUT2D eigenvalue weighted by atomic mass is 9.98.